The van der Waals surface area contributed by atoms with Crippen LogP contribution in [0.25, 0.3) is 0 Å². The van der Waals surface area contributed by atoms with Gasteiger partial charge in [0.1, 0.15) is 11.9 Å². The van der Waals surface area contributed by atoms with Gasteiger partial charge in [0.05, 0.1) is 0 Å². The molecule has 0 aliphatic carbocycles. The lowest BCUT2D eigenvalue weighted by Gasteiger charge is -2.45. The third-order valence-corrected chi connectivity index (χ3v) is 5.92. The normalized spacial score (nSPS) is 17.5. The van der Waals surface area contributed by atoms with Crippen LogP contribution in [0.15, 0.2) is 72.9 Å². The summed E-state index contributed by atoms with van der Waals surface area (Å²) in [5.41, 5.74) is 1.21. The molecule has 0 aromatic heterocycles. The molecule has 34 heavy (non-hydrogen) atoms. The first kappa shape index (κ1) is 28.8. The molecule has 186 valence electrons. The number of allylic oxidation sites excluding steroid dienone is 6. The summed E-state index contributed by atoms with van der Waals surface area (Å²) in [5, 5.41) is 0.895. The summed E-state index contributed by atoms with van der Waals surface area (Å²) < 4.78 is 6.29. The molecule has 0 saturated carbocycles. The highest BCUT2D eigenvalue weighted by Gasteiger charge is 2.45. The van der Waals surface area contributed by atoms with E-state index in [2.05, 4.69) is 13.2 Å². The summed E-state index contributed by atoms with van der Waals surface area (Å²) in [6.45, 7) is 12.5. The first-order valence-electron chi connectivity index (χ1n) is 11.5. The van der Waals surface area contributed by atoms with Crippen LogP contribution in [0.1, 0.15) is 39.5 Å². The van der Waals surface area contributed by atoms with E-state index >= 15 is 0 Å². The minimum atomic E-state index is -0.744. The van der Waals surface area contributed by atoms with Crippen LogP contribution < -0.4 is 0 Å². The van der Waals surface area contributed by atoms with Crippen LogP contribution in [-0.4, -0.2) is 61.1 Å². The predicted octanol–water partition coefficient (Wildman–Crippen LogP) is 4.95. The Hall–Kier alpha value is -3.19. The number of ether oxygens (including phenoxy) is 1. The van der Waals surface area contributed by atoms with Crippen molar-refractivity contribution < 1.29 is 24.0 Å². The van der Waals surface area contributed by atoms with Crippen LogP contribution in [0.2, 0.25) is 0 Å². The van der Waals surface area contributed by atoms with Crippen molar-refractivity contribution in [2.45, 2.75) is 45.1 Å². The number of carbonyl (C=O) groups excluding carboxylic acids is 3. The Bertz CT molecular complexity index is 847. The molecule has 1 fully saturated rings. The summed E-state index contributed by atoms with van der Waals surface area (Å²) in [6, 6.07) is 0. The van der Waals surface area contributed by atoms with E-state index in [0.717, 1.165) is 16.2 Å². The second-order valence-electron chi connectivity index (χ2n) is 7.85. The molecular formula is C27H38N2O5. The van der Waals surface area contributed by atoms with Gasteiger partial charge in [0, 0.05) is 40.1 Å². The van der Waals surface area contributed by atoms with Gasteiger partial charge in [0.15, 0.2) is 0 Å². The molecule has 0 aromatic rings. The monoisotopic (exact) mass is 470 g/mol. The molecule has 1 rings (SSSR count). The third kappa shape index (κ3) is 7.15. The molecule has 0 bridgehead atoms. The number of piperidine rings is 1. The van der Waals surface area contributed by atoms with Crippen LogP contribution in [-0.2, 0) is 19.2 Å². The number of likely N-dealkylation sites (tertiary alicyclic amines) is 1. The molecule has 0 radical (unpaired) electrons. The lowest BCUT2D eigenvalue weighted by atomic mass is 9.70. The Balaban J connectivity index is 3.15. The Morgan fingerprint density at radius 3 is 2.29 bits per heavy atom. The molecule has 0 spiro atoms. The zero-order valence-corrected chi connectivity index (χ0v) is 20.9. The van der Waals surface area contributed by atoms with Crippen molar-refractivity contribution >= 4 is 18.3 Å². The van der Waals surface area contributed by atoms with E-state index < -0.39 is 17.6 Å². The van der Waals surface area contributed by atoms with Gasteiger partial charge >= 0.3 is 6.09 Å². The van der Waals surface area contributed by atoms with Gasteiger partial charge in [-0.15, -0.1) is 0 Å². The minimum Gasteiger partial charge on any atom is -0.368 e. The maximum atomic E-state index is 12.6. The van der Waals surface area contributed by atoms with E-state index in [1.165, 1.54) is 7.05 Å². The van der Waals surface area contributed by atoms with Crippen LogP contribution in [0.5, 0.6) is 0 Å². The number of methoxy groups -OCH3 is 1. The van der Waals surface area contributed by atoms with Crippen LogP contribution in [0.3, 0.4) is 0 Å². The smallest absolute Gasteiger partial charge is 0.368 e. The van der Waals surface area contributed by atoms with Gasteiger partial charge < -0.3 is 19.3 Å². The number of nitrogens with zero attached hydrogens (tertiary/aromatic N) is 2. The summed E-state index contributed by atoms with van der Waals surface area (Å²) in [7, 11) is 3.08. The van der Waals surface area contributed by atoms with Crippen molar-refractivity contribution in [2.75, 3.05) is 27.2 Å². The first-order valence-corrected chi connectivity index (χ1v) is 11.5. The number of amides is 2. The molecule has 1 unspecified atom stereocenters. The molecular weight excluding hydrogens is 432 g/mol. The Morgan fingerprint density at radius 1 is 1.12 bits per heavy atom. The fourth-order valence-corrected chi connectivity index (χ4v) is 4.29. The highest BCUT2D eigenvalue weighted by Crippen LogP contribution is 2.43. The van der Waals surface area contributed by atoms with Crippen molar-refractivity contribution in [1.29, 1.82) is 0 Å². The molecule has 1 atom stereocenters. The molecule has 0 N–H and O–H groups in total. The number of carbonyl (C=O) groups is 3. The molecule has 1 saturated heterocycles. The fraction of sp³-hybridized carbons (Fsp3) is 0.444. The summed E-state index contributed by atoms with van der Waals surface area (Å²) in [6.07, 6.45) is 16.8. The predicted molar refractivity (Wildman–Crippen MR) is 135 cm³/mol. The van der Waals surface area contributed by atoms with Gasteiger partial charge in [0.2, 0.25) is 0 Å². The van der Waals surface area contributed by atoms with Crippen molar-refractivity contribution in [3.05, 3.63) is 72.9 Å². The Morgan fingerprint density at radius 2 is 1.79 bits per heavy atom. The van der Waals surface area contributed by atoms with Gasteiger partial charge in [-0.05, 0) is 43.8 Å². The summed E-state index contributed by atoms with van der Waals surface area (Å²) in [5.74, 6) is -0.359. The number of hydrogen-bond acceptors (Lipinski definition) is 5. The van der Waals surface area contributed by atoms with Crippen LogP contribution in [0.4, 0.5) is 4.79 Å². The van der Waals surface area contributed by atoms with Crippen molar-refractivity contribution in [3.63, 3.8) is 0 Å². The average molecular weight is 471 g/mol. The van der Waals surface area contributed by atoms with Crippen LogP contribution in [0, 0.1) is 5.92 Å². The quantitative estimate of drug-likeness (QED) is 0.243. The molecule has 1 aliphatic heterocycles. The zero-order valence-electron chi connectivity index (χ0n) is 20.9. The third-order valence-electron chi connectivity index (χ3n) is 5.92. The maximum Gasteiger partial charge on any atom is 0.434 e. The molecule has 0 aromatic carbocycles. The molecule has 1 aliphatic rings. The number of hydrogen-bond donors (Lipinski definition) is 0. The van der Waals surface area contributed by atoms with Crippen molar-refractivity contribution in [2.24, 2.45) is 5.92 Å². The number of aldehydes is 1. The molecule has 1 heterocycles. The topological polar surface area (TPSA) is 76.2 Å². The van der Waals surface area contributed by atoms with Gasteiger partial charge in [0.25, 0.3) is 5.91 Å². The van der Waals surface area contributed by atoms with E-state index in [4.69, 9.17) is 9.57 Å². The molecule has 7 heteroatoms. The lowest BCUT2D eigenvalue weighted by Crippen LogP contribution is -2.50. The summed E-state index contributed by atoms with van der Waals surface area (Å²) >= 11 is 0. The van der Waals surface area contributed by atoms with E-state index in [1.807, 2.05) is 50.3 Å². The Labute approximate surface area is 203 Å². The highest BCUT2D eigenvalue weighted by atomic mass is 16.7. The van der Waals surface area contributed by atoms with E-state index in [9.17, 15) is 14.4 Å². The van der Waals surface area contributed by atoms with Gasteiger partial charge in [-0.2, -0.15) is 5.06 Å². The second kappa shape index (κ2) is 14.9. The first-order chi connectivity index (χ1) is 16.4. The maximum absolute atomic E-state index is 12.6. The zero-order chi connectivity index (χ0) is 25.6. The second-order valence-corrected chi connectivity index (χ2v) is 7.85. The van der Waals surface area contributed by atoms with E-state index in [1.54, 1.807) is 24.2 Å². The molecule has 2 amide bonds. The lowest BCUT2D eigenvalue weighted by molar-refractivity contribution is -0.163. The Kier molecular flexibility index (Phi) is 12.6. The molecule has 7 nitrogen and oxygen atoms in total. The largest absolute Gasteiger partial charge is 0.434 e. The van der Waals surface area contributed by atoms with Gasteiger partial charge in [-0.1, -0.05) is 61.8 Å². The van der Waals surface area contributed by atoms with Crippen molar-refractivity contribution in [1.82, 2.24) is 9.96 Å². The van der Waals surface area contributed by atoms with E-state index in [0.29, 0.717) is 32.2 Å². The number of rotatable bonds is 11. The summed E-state index contributed by atoms with van der Waals surface area (Å²) in [4.78, 5) is 41.8. The SMILES string of the molecule is C=C/C=C\C(=C/C)C(OC)(C(/C=C\C)=C/C=C)C1CCN(C(=O)ON(C)C(=O)CCC=O)CC1. The van der Waals surface area contributed by atoms with E-state index in [-0.39, 0.29) is 18.8 Å². The van der Waals surface area contributed by atoms with Crippen molar-refractivity contribution in [3.8, 4) is 0 Å². The van der Waals surface area contributed by atoms with Gasteiger partial charge in [-0.25, -0.2) is 4.79 Å². The van der Waals surface area contributed by atoms with Gasteiger partial charge in [-0.3, -0.25) is 4.79 Å². The average Bonchev–Trinajstić information content (AvgIpc) is 2.85. The fourth-order valence-electron chi connectivity index (χ4n) is 4.29. The standard InChI is InChI=1S/C27H38N2O5/c1-7-11-15-22(10-4)27(33-6,23(13-8-2)14-9-3)24-17-19-29(20-18-24)26(32)34-28(5)25(31)16-12-21-30/h7-11,13-15,21,24H,1-2,12,16-20H2,3-6H3/b14-9-,15-11-,22-10+,23-13+. The number of hydroxylamine groups is 2. The minimum absolute atomic E-state index is 0.000566. The highest BCUT2D eigenvalue weighted by molar-refractivity contribution is 5.79. The van der Waals surface area contributed by atoms with Crippen LogP contribution >= 0.6 is 0 Å².